The van der Waals surface area contributed by atoms with Gasteiger partial charge in [0.15, 0.2) is 0 Å². The summed E-state index contributed by atoms with van der Waals surface area (Å²) in [7, 11) is 0. The molecule has 1 N–H and O–H groups in total. The molecule has 0 atom stereocenters. The number of aryl methyl sites for hydroxylation is 1. The Labute approximate surface area is 174 Å². The molecule has 9 heteroatoms. The maximum absolute atomic E-state index is 12.7. The molecule has 1 fully saturated rings. The maximum atomic E-state index is 12.7. The molecule has 1 aliphatic carbocycles. The van der Waals surface area contributed by atoms with Gasteiger partial charge in [-0.05, 0) is 44.4 Å². The summed E-state index contributed by atoms with van der Waals surface area (Å²) in [5.74, 6) is 2.32. The van der Waals surface area contributed by atoms with Crippen molar-refractivity contribution in [3.8, 4) is 11.6 Å². The van der Waals surface area contributed by atoms with Crippen LogP contribution in [0.5, 0.6) is 0 Å². The van der Waals surface area contributed by atoms with Crippen molar-refractivity contribution in [3.63, 3.8) is 0 Å². The van der Waals surface area contributed by atoms with Crippen LogP contribution in [0.2, 0.25) is 0 Å². The molecule has 9 nitrogen and oxygen atoms in total. The van der Waals surface area contributed by atoms with Crippen molar-refractivity contribution in [1.82, 2.24) is 30.6 Å². The van der Waals surface area contributed by atoms with Gasteiger partial charge < -0.3 is 14.3 Å². The molecule has 4 rings (SSSR count). The van der Waals surface area contributed by atoms with Gasteiger partial charge in [0.2, 0.25) is 5.89 Å². The number of aromatic nitrogens is 5. The van der Waals surface area contributed by atoms with Gasteiger partial charge in [-0.25, -0.2) is 4.98 Å². The van der Waals surface area contributed by atoms with E-state index in [1.165, 1.54) is 0 Å². The standard InChI is InChI=1S/C21H26N6O3/c1-12(2)18-17(13(3)30-27-18)19(28)24-10-14-4-6-15(7-5-14)20-25-26-21(29-20)16-11-22-8-9-23-16/h8-9,11-12,14-15H,4-7,10H2,1-3H3,(H,24,28). The summed E-state index contributed by atoms with van der Waals surface area (Å²) < 4.78 is 11.1. The van der Waals surface area contributed by atoms with E-state index in [4.69, 9.17) is 8.94 Å². The molecule has 30 heavy (non-hydrogen) atoms. The number of carbonyl (C=O) groups excluding carboxylic acids is 1. The molecule has 1 amide bonds. The van der Waals surface area contributed by atoms with Crippen LogP contribution in [0.25, 0.3) is 11.6 Å². The quantitative estimate of drug-likeness (QED) is 0.654. The van der Waals surface area contributed by atoms with Crippen molar-refractivity contribution in [2.45, 2.75) is 58.3 Å². The summed E-state index contributed by atoms with van der Waals surface area (Å²) in [6.45, 7) is 6.42. The summed E-state index contributed by atoms with van der Waals surface area (Å²) in [5, 5.41) is 15.4. The van der Waals surface area contributed by atoms with Gasteiger partial charge in [-0.1, -0.05) is 19.0 Å². The second kappa shape index (κ2) is 8.73. The first-order valence-electron chi connectivity index (χ1n) is 10.4. The minimum Gasteiger partial charge on any atom is -0.419 e. The topological polar surface area (TPSA) is 120 Å². The Kier molecular flexibility index (Phi) is 5.87. The summed E-state index contributed by atoms with van der Waals surface area (Å²) >= 11 is 0. The summed E-state index contributed by atoms with van der Waals surface area (Å²) in [4.78, 5) is 20.9. The van der Waals surface area contributed by atoms with E-state index in [9.17, 15) is 4.79 Å². The van der Waals surface area contributed by atoms with Gasteiger partial charge in [0, 0.05) is 24.9 Å². The zero-order valence-corrected chi connectivity index (χ0v) is 17.5. The third-order valence-electron chi connectivity index (χ3n) is 5.63. The second-order valence-corrected chi connectivity index (χ2v) is 8.12. The van der Waals surface area contributed by atoms with Crippen LogP contribution in [0.15, 0.2) is 27.5 Å². The second-order valence-electron chi connectivity index (χ2n) is 8.12. The van der Waals surface area contributed by atoms with Crippen LogP contribution < -0.4 is 5.32 Å². The molecule has 0 spiro atoms. The Morgan fingerprint density at radius 2 is 2.00 bits per heavy atom. The maximum Gasteiger partial charge on any atom is 0.267 e. The zero-order chi connectivity index (χ0) is 21.1. The van der Waals surface area contributed by atoms with Crippen LogP contribution in [-0.2, 0) is 0 Å². The molecular formula is C21H26N6O3. The minimum atomic E-state index is -0.106. The van der Waals surface area contributed by atoms with Crippen LogP contribution in [0, 0.1) is 12.8 Å². The lowest BCUT2D eigenvalue weighted by molar-refractivity contribution is 0.0939. The fraction of sp³-hybridized carbons (Fsp3) is 0.524. The van der Waals surface area contributed by atoms with Crippen molar-refractivity contribution < 1.29 is 13.7 Å². The fourth-order valence-electron chi connectivity index (χ4n) is 3.91. The first kappa shape index (κ1) is 20.2. The Hall–Kier alpha value is -3.10. The Balaban J connectivity index is 1.30. The molecule has 0 radical (unpaired) electrons. The van der Waals surface area contributed by atoms with E-state index in [-0.39, 0.29) is 17.7 Å². The molecule has 158 valence electrons. The van der Waals surface area contributed by atoms with Crippen molar-refractivity contribution >= 4 is 5.91 Å². The number of hydrogen-bond donors (Lipinski definition) is 1. The molecule has 0 aliphatic heterocycles. The summed E-state index contributed by atoms with van der Waals surface area (Å²) in [6.07, 6.45) is 8.71. The van der Waals surface area contributed by atoms with Gasteiger partial charge in [-0.3, -0.25) is 9.78 Å². The van der Waals surface area contributed by atoms with Crippen LogP contribution in [0.4, 0.5) is 0 Å². The van der Waals surface area contributed by atoms with E-state index in [0.29, 0.717) is 47.0 Å². The third kappa shape index (κ3) is 4.24. The van der Waals surface area contributed by atoms with Crippen LogP contribution in [0.3, 0.4) is 0 Å². The normalized spacial score (nSPS) is 19.2. The van der Waals surface area contributed by atoms with Crippen LogP contribution in [0.1, 0.15) is 79.1 Å². The van der Waals surface area contributed by atoms with Gasteiger partial charge in [0.1, 0.15) is 17.0 Å². The average molecular weight is 410 g/mol. The number of hydrogen-bond acceptors (Lipinski definition) is 8. The summed E-state index contributed by atoms with van der Waals surface area (Å²) in [5.41, 5.74) is 1.86. The number of nitrogens with zero attached hydrogens (tertiary/aromatic N) is 5. The molecule has 1 aliphatic rings. The lowest BCUT2D eigenvalue weighted by atomic mass is 9.82. The average Bonchev–Trinajstić information content (AvgIpc) is 3.40. The van der Waals surface area contributed by atoms with Gasteiger partial charge in [0.05, 0.1) is 11.9 Å². The smallest absolute Gasteiger partial charge is 0.267 e. The largest absolute Gasteiger partial charge is 0.419 e. The molecule has 0 saturated heterocycles. The zero-order valence-electron chi connectivity index (χ0n) is 17.5. The van der Waals surface area contributed by atoms with Gasteiger partial charge >= 0.3 is 0 Å². The van der Waals surface area contributed by atoms with Crippen molar-refractivity contribution in [1.29, 1.82) is 0 Å². The molecule has 3 aromatic rings. The fourth-order valence-corrected chi connectivity index (χ4v) is 3.91. The van der Waals surface area contributed by atoms with E-state index >= 15 is 0 Å². The van der Waals surface area contributed by atoms with E-state index in [1.54, 1.807) is 25.5 Å². The highest BCUT2D eigenvalue weighted by atomic mass is 16.5. The van der Waals surface area contributed by atoms with Crippen LogP contribution >= 0.6 is 0 Å². The molecule has 1 saturated carbocycles. The number of rotatable bonds is 6. The Morgan fingerprint density at radius 3 is 2.70 bits per heavy atom. The highest BCUT2D eigenvalue weighted by Gasteiger charge is 2.28. The van der Waals surface area contributed by atoms with Crippen molar-refractivity contribution in [2.75, 3.05) is 6.54 Å². The Morgan fingerprint density at radius 1 is 1.20 bits per heavy atom. The van der Waals surface area contributed by atoms with Gasteiger partial charge in [-0.2, -0.15) is 0 Å². The molecule has 0 bridgehead atoms. The lowest BCUT2D eigenvalue weighted by Crippen LogP contribution is -2.32. The Bertz CT molecular complexity index is 989. The van der Waals surface area contributed by atoms with Gasteiger partial charge in [0.25, 0.3) is 11.8 Å². The highest BCUT2D eigenvalue weighted by molar-refractivity contribution is 5.96. The number of amides is 1. The predicted molar refractivity (Wildman–Crippen MR) is 108 cm³/mol. The monoisotopic (exact) mass is 410 g/mol. The first-order chi connectivity index (χ1) is 14.5. The van der Waals surface area contributed by atoms with Crippen LogP contribution in [-0.4, -0.2) is 37.8 Å². The number of carbonyl (C=O) groups is 1. The summed E-state index contributed by atoms with van der Waals surface area (Å²) in [6, 6.07) is 0. The minimum absolute atomic E-state index is 0.106. The first-order valence-corrected chi connectivity index (χ1v) is 10.4. The molecule has 3 aromatic heterocycles. The molecule has 0 aromatic carbocycles. The van der Waals surface area contributed by atoms with Crippen molar-refractivity contribution in [2.24, 2.45) is 5.92 Å². The molecule has 3 heterocycles. The molecular weight excluding hydrogens is 384 g/mol. The van der Waals surface area contributed by atoms with E-state index < -0.39 is 0 Å². The SMILES string of the molecule is Cc1onc(C(C)C)c1C(=O)NCC1CCC(c2nnc(-c3cnccn3)o2)CC1. The number of nitrogens with one attached hydrogen (secondary N) is 1. The predicted octanol–water partition coefficient (Wildman–Crippen LogP) is 3.65. The van der Waals surface area contributed by atoms with E-state index in [1.807, 2.05) is 13.8 Å². The third-order valence-corrected chi connectivity index (χ3v) is 5.63. The highest BCUT2D eigenvalue weighted by Crippen LogP contribution is 2.35. The van der Waals surface area contributed by atoms with E-state index in [2.05, 4.69) is 30.6 Å². The van der Waals surface area contributed by atoms with Crippen molar-refractivity contribution in [3.05, 3.63) is 41.5 Å². The lowest BCUT2D eigenvalue weighted by Gasteiger charge is -2.26. The van der Waals surface area contributed by atoms with Gasteiger partial charge in [-0.15, -0.1) is 10.2 Å². The van der Waals surface area contributed by atoms with E-state index in [0.717, 1.165) is 25.7 Å². The molecule has 0 unspecified atom stereocenters.